The van der Waals surface area contributed by atoms with Crippen LogP contribution in [0.15, 0.2) is 24.3 Å². The number of methoxy groups -OCH3 is 1. The molecule has 0 bridgehead atoms. The van der Waals surface area contributed by atoms with Crippen LogP contribution in [-0.4, -0.2) is 42.7 Å². The first-order valence-corrected chi connectivity index (χ1v) is 5.77. The standard InChI is InChI=1S/C13H19NO3/c1-3-7-14(8-9-15)13(16)11-5-4-6-12(10-11)17-2/h4-6,10,15H,3,7-9H2,1-2H3. The number of hydrogen-bond donors (Lipinski definition) is 1. The maximum absolute atomic E-state index is 12.2. The lowest BCUT2D eigenvalue weighted by Gasteiger charge is -2.21. The highest BCUT2D eigenvalue weighted by atomic mass is 16.5. The number of ether oxygens (including phenoxy) is 1. The van der Waals surface area contributed by atoms with E-state index in [0.717, 1.165) is 6.42 Å². The number of aliphatic hydroxyl groups excluding tert-OH is 1. The Morgan fingerprint density at radius 1 is 1.41 bits per heavy atom. The Hall–Kier alpha value is -1.55. The van der Waals surface area contributed by atoms with Gasteiger partial charge in [0.1, 0.15) is 5.75 Å². The van der Waals surface area contributed by atoms with Crippen molar-refractivity contribution in [3.63, 3.8) is 0 Å². The minimum Gasteiger partial charge on any atom is -0.497 e. The van der Waals surface area contributed by atoms with Crippen molar-refractivity contribution >= 4 is 5.91 Å². The second-order valence-corrected chi connectivity index (χ2v) is 3.75. The second-order valence-electron chi connectivity index (χ2n) is 3.75. The first kappa shape index (κ1) is 13.5. The van der Waals surface area contributed by atoms with Gasteiger partial charge in [0.05, 0.1) is 13.7 Å². The fraction of sp³-hybridized carbons (Fsp3) is 0.462. The largest absolute Gasteiger partial charge is 0.497 e. The summed E-state index contributed by atoms with van der Waals surface area (Å²) in [5, 5.41) is 8.94. The molecule has 0 saturated carbocycles. The van der Waals surface area contributed by atoms with Gasteiger partial charge in [-0.25, -0.2) is 0 Å². The van der Waals surface area contributed by atoms with Crippen molar-refractivity contribution in [1.29, 1.82) is 0 Å². The Morgan fingerprint density at radius 2 is 2.18 bits per heavy atom. The SMILES string of the molecule is CCCN(CCO)C(=O)c1cccc(OC)c1. The van der Waals surface area contributed by atoms with Gasteiger partial charge >= 0.3 is 0 Å². The first-order valence-electron chi connectivity index (χ1n) is 5.77. The smallest absolute Gasteiger partial charge is 0.254 e. The summed E-state index contributed by atoms with van der Waals surface area (Å²) in [7, 11) is 1.57. The molecule has 0 atom stereocenters. The van der Waals surface area contributed by atoms with Crippen molar-refractivity contribution < 1.29 is 14.6 Å². The Kier molecular flexibility index (Phi) is 5.49. The molecule has 0 aliphatic carbocycles. The molecule has 1 aromatic carbocycles. The van der Waals surface area contributed by atoms with E-state index in [1.165, 1.54) is 0 Å². The predicted octanol–water partition coefficient (Wildman–Crippen LogP) is 1.54. The maximum Gasteiger partial charge on any atom is 0.254 e. The van der Waals surface area contributed by atoms with E-state index in [9.17, 15) is 4.79 Å². The molecule has 4 heteroatoms. The third kappa shape index (κ3) is 3.75. The Balaban J connectivity index is 2.84. The zero-order valence-corrected chi connectivity index (χ0v) is 10.3. The summed E-state index contributed by atoms with van der Waals surface area (Å²) in [6.45, 7) is 3.00. The number of carbonyl (C=O) groups excluding carboxylic acids is 1. The minimum absolute atomic E-state index is 0.0181. The number of nitrogens with zero attached hydrogens (tertiary/aromatic N) is 1. The van der Waals surface area contributed by atoms with E-state index in [4.69, 9.17) is 9.84 Å². The van der Waals surface area contributed by atoms with Gasteiger partial charge < -0.3 is 14.7 Å². The molecule has 1 aromatic rings. The number of rotatable bonds is 6. The molecular formula is C13H19NO3. The summed E-state index contributed by atoms with van der Waals surface area (Å²) in [6, 6.07) is 7.05. The zero-order valence-electron chi connectivity index (χ0n) is 10.3. The molecule has 0 spiro atoms. The summed E-state index contributed by atoms with van der Waals surface area (Å²) in [6.07, 6.45) is 0.871. The Bertz CT molecular complexity index is 359. The van der Waals surface area contributed by atoms with Crippen LogP contribution >= 0.6 is 0 Å². The quantitative estimate of drug-likeness (QED) is 0.816. The van der Waals surface area contributed by atoms with Gasteiger partial charge in [-0.05, 0) is 24.6 Å². The fourth-order valence-corrected chi connectivity index (χ4v) is 1.64. The molecule has 0 aliphatic heterocycles. The number of hydrogen-bond acceptors (Lipinski definition) is 3. The molecule has 0 aromatic heterocycles. The summed E-state index contributed by atoms with van der Waals surface area (Å²) in [5.74, 6) is 0.594. The third-order valence-corrected chi connectivity index (χ3v) is 2.47. The van der Waals surface area contributed by atoms with E-state index >= 15 is 0 Å². The van der Waals surface area contributed by atoms with Gasteiger partial charge in [0, 0.05) is 18.7 Å². The molecule has 0 aliphatic rings. The summed E-state index contributed by atoms with van der Waals surface area (Å²) in [5.41, 5.74) is 0.589. The van der Waals surface area contributed by atoms with Gasteiger partial charge in [0.2, 0.25) is 0 Å². The number of carbonyl (C=O) groups is 1. The van der Waals surface area contributed by atoms with Gasteiger partial charge in [-0.15, -0.1) is 0 Å². The molecule has 94 valence electrons. The lowest BCUT2D eigenvalue weighted by Crippen LogP contribution is -2.34. The van der Waals surface area contributed by atoms with Gasteiger partial charge in [0.25, 0.3) is 5.91 Å². The maximum atomic E-state index is 12.2. The van der Waals surface area contributed by atoms with E-state index in [-0.39, 0.29) is 12.5 Å². The van der Waals surface area contributed by atoms with Crippen molar-refractivity contribution in [3.05, 3.63) is 29.8 Å². The van der Waals surface area contributed by atoms with Crippen LogP contribution in [0.2, 0.25) is 0 Å². The molecule has 1 N–H and O–H groups in total. The lowest BCUT2D eigenvalue weighted by molar-refractivity contribution is 0.0721. The molecular weight excluding hydrogens is 218 g/mol. The molecule has 17 heavy (non-hydrogen) atoms. The normalized spacial score (nSPS) is 10.1. The fourth-order valence-electron chi connectivity index (χ4n) is 1.64. The molecule has 1 rings (SSSR count). The molecule has 0 radical (unpaired) electrons. The van der Waals surface area contributed by atoms with Crippen LogP contribution in [0.25, 0.3) is 0 Å². The highest BCUT2D eigenvalue weighted by Crippen LogP contribution is 2.14. The molecule has 0 heterocycles. The van der Waals surface area contributed by atoms with Gasteiger partial charge in [0.15, 0.2) is 0 Å². The molecule has 4 nitrogen and oxygen atoms in total. The summed E-state index contributed by atoms with van der Waals surface area (Å²) >= 11 is 0. The van der Waals surface area contributed by atoms with E-state index < -0.39 is 0 Å². The number of aliphatic hydroxyl groups is 1. The van der Waals surface area contributed by atoms with Crippen LogP contribution < -0.4 is 4.74 Å². The summed E-state index contributed by atoms with van der Waals surface area (Å²) < 4.78 is 5.08. The monoisotopic (exact) mass is 237 g/mol. The van der Waals surface area contributed by atoms with E-state index in [0.29, 0.717) is 24.4 Å². The molecule has 0 fully saturated rings. The topological polar surface area (TPSA) is 49.8 Å². The third-order valence-electron chi connectivity index (χ3n) is 2.47. The first-order chi connectivity index (χ1) is 8.22. The van der Waals surface area contributed by atoms with Crippen molar-refractivity contribution in [3.8, 4) is 5.75 Å². The highest BCUT2D eigenvalue weighted by molar-refractivity contribution is 5.94. The van der Waals surface area contributed by atoms with Gasteiger partial charge in [-0.3, -0.25) is 4.79 Å². The van der Waals surface area contributed by atoms with E-state index in [1.54, 1.807) is 36.3 Å². The Morgan fingerprint density at radius 3 is 2.76 bits per heavy atom. The van der Waals surface area contributed by atoms with E-state index in [1.807, 2.05) is 6.92 Å². The average molecular weight is 237 g/mol. The van der Waals surface area contributed by atoms with Crippen LogP contribution in [0.4, 0.5) is 0 Å². The highest BCUT2D eigenvalue weighted by Gasteiger charge is 2.14. The second kappa shape index (κ2) is 6.91. The van der Waals surface area contributed by atoms with Gasteiger partial charge in [-0.2, -0.15) is 0 Å². The number of benzene rings is 1. The van der Waals surface area contributed by atoms with Crippen LogP contribution in [-0.2, 0) is 0 Å². The Labute approximate surface area is 102 Å². The van der Waals surface area contributed by atoms with Crippen LogP contribution in [0.5, 0.6) is 5.75 Å². The van der Waals surface area contributed by atoms with Crippen molar-refractivity contribution in [1.82, 2.24) is 4.90 Å². The number of amides is 1. The van der Waals surface area contributed by atoms with Crippen LogP contribution in [0.1, 0.15) is 23.7 Å². The van der Waals surface area contributed by atoms with Crippen LogP contribution in [0, 0.1) is 0 Å². The molecule has 1 amide bonds. The van der Waals surface area contributed by atoms with Gasteiger partial charge in [-0.1, -0.05) is 13.0 Å². The zero-order chi connectivity index (χ0) is 12.7. The lowest BCUT2D eigenvalue weighted by atomic mass is 10.2. The van der Waals surface area contributed by atoms with Crippen molar-refractivity contribution in [2.75, 3.05) is 26.8 Å². The van der Waals surface area contributed by atoms with E-state index in [2.05, 4.69) is 0 Å². The van der Waals surface area contributed by atoms with Crippen molar-refractivity contribution in [2.45, 2.75) is 13.3 Å². The average Bonchev–Trinajstić information content (AvgIpc) is 2.38. The molecule has 0 saturated heterocycles. The summed E-state index contributed by atoms with van der Waals surface area (Å²) in [4.78, 5) is 13.8. The van der Waals surface area contributed by atoms with Crippen LogP contribution in [0.3, 0.4) is 0 Å². The van der Waals surface area contributed by atoms with Crippen molar-refractivity contribution in [2.24, 2.45) is 0 Å². The predicted molar refractivity (Wildman–Crippen MR) is 66.3 cm³/mol. The minimum atomic E-state index is -0.0696. The molecule has 0 unspecified atom stereocenters.